The summed E-state index contributed by atoms with van der Waals surface area (Å²) in [6, 6.07) is 12.8. The predicted molar refractivity (Wildman–Crippen MR) is 334 cm³/mol. The van der Waals surface area contributed by atoms with Gasteiger partial charge in [-0.1, -0.05) is 54.6 Å². The fraction of sp³-hybridized carbons (Fsp3) is 0.386. The average Bonchev–Trinajstić information content (AvgIpc) is 2.76. The Morgan fingerprint density at radius 1 is 0.356 bits per heavy atom. The zero-order chi connectivity index (χ0) is 63.0. The highest BCUT2D eigenvalue weighted by atomic mass is 16.2. The first-order valence-electron chi connectivity index (χ1n) is 28.4. The number of amides is 7. The third-order valence-electron chi connectivity index (χ3n) is 14.3. The highest BCUT2D eigenvalue weighted by Crippen LogP contribution is 2.23. The van der Waals surface area contributed by atoms with Crippen molar-refractivity contribution in [3.8, 4) is 0 Å². The number of para-hydroxylation sites is 3. The van der Waals surface area contributed by atoms with Gasteiger partial charge in [-0.25, -0.2) is 0 Å². The average molecular weight is 1200 g/mol. The van der Waals surface area contributed by atoms with Crippen molar-refractivity contribution >= 4 is 97.9 Å². The van der Waals surface area contributed by atoms with E-state index in [-0.39, 0.29) is 114 Å². The van der Waals surface area contributed by atoms with Crippen LogP contribution in [0, 0.1) is 0 Å². The van der Waals surface area contributed by atoms with Crippen molar-refractivity contribution in [1.82, 2.24) is 46.9 Å². The summed E-state index contributed by atoms with van der Waals surface area (Å²) in [7, 11) is 0. The molecule has 0 aliphatic heterocycles. The lowest BCUT2D eigenvalue weighted by molar-refractivity contribution is -0.135. The number of aromatic nitrogens is 3. The van der Waals surface area contributed by atoms with E-state index in [9.17, 15) is 24.0 Å². The molecule has 87 heavy (non-hydrogen) atoms. The number of guanidine groups is 4. The van der Waals surface area contributed by atoms with Gasteiger partial charge >= 0.3 is 0 Å². The van der Waals surface area contributed by atoms with Crippen LogP contribution >= 0.6 is 0 Å². The number of aliphatic imine (C=N–C) groups is 4. The van der Waals surface area contributed by atoms with Gasteiger partial charge in [0.2, 0.25) is 41.4 Å². The number of nitrogens with one attached hydrogen (secondary N) is 9. The molecule has 3 aromatic heterocycles. The van der Waals surface area contributed by atoms with Crippen LogP contribution < -0.4 is 89.2 Å². The molecule has 30 nitrogen and oxygen atoms in total. The SMILES string of the molecule is NC(=O)[C@H](Cc1c[nH]c2ccccc12)NC(=O)[C@H](CCCN=C(N)N)NC(=O)[C@H](CCCN=C(N)N)NC(=O)[C@H](Cc1c[nH]c2ccccc12)NC(=O)[C@H](Cc1c[nH]c2ccccc12)NC(=O)[C@H](CCCN=C(N)N)NC(=O)[C@@H](N)CCCN=C(N)N. The number of carbonyl (C=O) groups is 7. The van der Waals surface area contributed by atoms with Crippen LogP contribution in [-0.2, 0) is 52.8 Å². The summed E-state index contributed by atoms with van der Waals surface area (Å²) < 4.78 is 0. The minimum absolute atomic E-state index is 0.00422. The molecule has 0 saturated heterocycles. The van der Waals surface area contributed by atoms with E-state index in [4.69, 9.17) is 57.3 Å². The Kier molecular flexibility index (Phi) is 24.6. The van der Waals surface area contributed by atoms with Crippen LogP contribution in [0.1, 0.15) is 68.1 Å². The quantitative estimate of drug-likeness (QED) is 0.0108. The molecule has 3 heterocycles. The van der Waals surface area contributed by atoms with Crippen LogP contribution in [0.4, 0.5) is 0 Å². The fourth-order valence-electron chi connectivity index (χ4n) is 9.81. The number of aromatic amines is 3. The predicted octanol–water partition coefficient (Wildman–Crippen LogP) is -2.91. The summed E-state index contributed by atoms with van der Waals surface area (Å²) in [6.45, 7) is 0.403. The van der Waals surface area contributed by atoms with Crippen molar-refractivity contribution in [2.24, 2.45) is 77.3 Å². The van der Waals surface area contributed by atoms with Gasteiger partial charge in [0.1, 0.15) is 36.3 Å². The van der Waals surface area contributed by atoms with Gasteiger partial charge in [0.15, 0.2) is 23.8 Å². The first kappa shape index (κ1) is 65.8. The van der Waals surface area contributed by atoms with Gasteiger partial charge in [-0.3, -0.25) is 53.5 Å². The normalized spacial score (nSPS) is 13.5. The molecule has 6 aromatic rings. The van der Waals surface area contributed by atoms with E-state index in [1.165, 1.54) is 0 Å². The van der Waals surface area contributed by atoms with Gasteiger partial charge in [-0.2, -0.15) is 0 Å². The summed E-state index contributed by atoms with van der Waals surface area (Å²) in [5.41, 5.74) is 60.8. The Balaban J connectivity index is 1.32. The lowest BCUT2D eigenvalue weighted by atomic mass is 10.00. The Labute approximate surface area is 501 Å². The van der Waals surface area contributed by atoms with Gasteiger partial charge in [0.05, 0.1) is 6.04 Å². The number of nitrogens with two attached hydrogens (primary N) is 10. The van der Waals surface area contributed by atoms with E-state index in [2.05, 4.69) is 66.8 Å². The van der Waals surface area contributed by atoms with Gasteiger partial charge in [0, 0.05) is 96.7 Å². The van der Waals surface area contributed by atoms with Crippen molar-refractivity contribution in [3.63, 3.8) is 0 Å². The van der Waals surface area contributed by atoms with E-state index in [1.54, 1.807) is 24.7 Å². The largest absolute Gasteiger partial charge is 0.370 e. The molecule has 7 atom stereocenters. The molecule has 6 rings (SSSR count). The van der Waals surface area contributed by atoms with Crippen LogP contribution in [0.15, 0.2) is 111 Å². The molecule has 0 aliphatic rings. The zero-order valence-electron chi connectivity index (χ0n) is 48.2. The van der Waals surface area contributed by atoms with Gasteiger partial charge in [0.25, 0.3) is 0 Å². The molecule has 466 valence electrons. The molecule has 3 aromatic carbocycles. The number of fused-ring (bicyclic) bond motifs is 3. The zero-order valence-corrected chi connectivity index (χ0v) is 48.2. The monoisotopic (exact) mass is 1200 g/mol. The molecule has 7 amide bonds. The van der Waals surface area contributed by atoms with Gasteiger partial charge < -0.3 is 104 Å². The van der Waals surface area contributed by atoms with Crippen LogP contribution in [-0.4, -0.2) is 149 Å². The highest BCUT2D eigenvalue weighted by Gasteiger charge is 2.35. The number of nitrogens with zero attached hydrogens (tertiary/aromatic N) is 4. The first-order chi connectivity index (χ1) is 41.7. The molecular weight excluding hydrogens is 1120 g/mol. The third kappa shape index (κ3) is 20.4. The van der Waals surface area contributed by atoms with Gasteiger partial charge in [-0.15, -0.1) is 0 Å². The molecule has 30 heteroatoms. The third-order valence-corrected chi connectivity index (χ3v) is 14.3. The maximum Gasteiger partial charge on any atom is 0.243 e. The fourth-order valence-corrected chi connectivity index (χ4v) is 9.81. The smallest absolute Gasteiger partial charge is 0.243 e. The molecule has 0 fully saturated rings. The Hall–Kier alpha value is -10.4. The minimum Gasteiger partial charge on any atom is -0.370 e. The summed E-state index contributed by atoms with van der Waals surface area (Å²) in [6.07, 6.45) is 5.74. The summed E-state index contributed by atoms with van der Waals surface area (Å²) in [5.74, 6) is -6.26. The maximum atomic E-state index is 15.2. The number of carbonyl (C=O) groups excluding carboxylic acids is 7. The maximum absolute atomic E-state index is 15.2. The van der Waals surface area contributed by atoms with E-state index >= 15 is 9.59 Å². The van der Waals surface area contributed by atoms with Crippen molar-refractivity contribution in [2.45, 2.75) is 113 Å². The summed E-state index contributed by atoms with van der Waals surface area (Å²) in [4.78, 5) is 126. The number of benzene rings is 3. The number of rotatable bonds is 35. The van der Waals surface area contributed by atoms with Crippen LogP contribution in [0.25, 0.3) is 32.7 Å². The molecule has 0 bridgehead atoms. The second kappa shape index (κ2) is 32.6. The van der Waals surface area contributed by atoms with Crippen molar-refractivity contribution < 1.29 is 33.6 Å². The van der Waals surface area contributed by atoms with E-state index in [1.807, 2.05) is 66.7 Å². The van der Waals surface area contributed by atoms with E-state index < -0.39 is 83.6 Å². The van der Waals surface area contributed by atoms with Crippen molar-refractivity contribution in [2.75, 3.05) is 26.2 Å². The topological polar surface area (TPSA) is 549 Å². The Morgan fingerprint density at radius 3 is 0.943 bits per heavy atom. The van der Waals surface area contributed by atoms with Crippen LogP contribution in [0.5, 0.6) is 0 Å². The van der Waals surface area contributed by atoms with Gasteiger partial charge in [-0.05, 0) is 86.3 Å². The molecule has 29 N–H and O–H groups in total. The van der Waals surface area contributed by atoms with Crippen molar-refractivity contribution in [3.05, 3.63) is 108 Å². The number of H-pyrrole nitrogens is 3. The van der Waals surface area contributed by atoms with Crippen molar-refractivity contribution in [1.29, 1.82) is 0 Å². The Bertz CT molecular complexity index is 3440. The molecule has 0 aliphatic carbocycles. The lowest BCUT2D eigenvalue weighted by Gasteiger charge is -2.28. The second-order valence-electron chi connectivity index (χ2n) is 20.9. The highest BCUT2D eigenvalue weighted by molar-refractivity contribution is 5.98. The lowest BCUT2D eigenvalue weighted by Crippen LogP contribution is -2.60. The summed E-state index contributed by atoms with van der Waals surface area (Å²) >= 11 is 0. The van der Waals surface area contributed by atoms with E-state index in [0.717, 1.165) is 32.7 Å². The van der Waals surface area contributed by atoms with E-state index in [0.29, 0.717) is 23.1 Å². The Morgan fingerprint density at radius 2 is 0.621 bits per heavy atom. The minimum atomic E-state index is -1.46. The van der Waals surface area contributed by atoms with Crippen LogP contribution in [0.3, 0.4) is 0 Å². The molecule has 0 spiro atoms. The van der Waals surface area contributed by atoms with Crippen LogP contribution in [0.2, 0.25) is 0 Å². The number of primary amides is 1. The second-order valence-corrected chi connectivity index (χ2v) is 20.9. The molecule has 0 unspecified atom stereocenters. The first-order valence-corrected chi connectivity index (χ1v) is 28.4. The standard InChI is InChI=1S/C57H81N23O7/c58-37(14-7-21-68-54(60)61)48(82)75-41(18-8-22-69-55(62)63)51(85)79-46(27-33-30-74-40-17-6-3-13-36(33)40)53(87)80-45(26-32-29-73-39-16-5-2-12-35(32)39)52(86)77-42(19-9-23-70-56(64)65)49(83)76-43(20-10-24-71-57(66)67)50(84)78-44(47(59)81)25-31-28-72-38-15-4-1-11-34(31)38/h1-6,11-13,15-17,28-30,37,41-46,72-74H,7-10,14,18-27,58H2,(H2,59,81)(H,75,82)(H,76,83)(H,77,86)(H,78,84)(H,79,85)(H,80,87)(H4,60,61,68)(H4,62,63,69)(H4,64,65,70)(H4,66,67,71)/t37-,41-,42-,43-,44-,45-,46-/m0/s1. The number of hydrogen-bond acceptors (Lipinski definition) is 12. The molecule has 0 radical (unpaired) electrons. The summed E-state index contributed by atoms with van der Waals surface area (Å²) in [5, 5.41) is 19.0. The molecular formula is C57H81N23O7. The number of hydrogen-bond donors (Lipinski definition) is 19. The molecule has 0 saturated carbocycles.